The number of rotatable bonds is 27. The second-order valence-corrected chi connectivity index (χ2v) is 22.6. The number of nitrogens with one attached hydrogen (secondary N) is 2. The van der Waals surface area contributed by atoms with Crippen LogP contribution >= 0.6 is 0 Å². The Morgan fingerprint density at radius 2 is 0.905 bits per heavy atom. The minimum absolute atomic E-state index is 0.0219. The number of hydroxylamine groups is 4. The quantitative estimate of drug-likeness (QED) is 0.0648. The second-order valence-electron chi connectivity index (χ2n) is 22.6. The molecule has 63 heavy (non-hydrogen) atoms. The molecule has 5 rings (SSSR count). The van der Waals surface area contributed by atoms with Gasteiger partial charge in [0.05, 0.1) is 12.2 Å². The lowest BCUT2D eigenvalue weighted by molar-refractivity contribution is -0.314. The Kier molecular flexibility index (Phi) is 21.0. The van der Waals surface area contributed by atoms with Crippen LogP contribution in [0, 0.1) is 11.8 Å². The van der Waals surface area contributed by atoms with Crippen LogP contribution in [0.25, 0.3) is 0 Å². The third-order valence-corrected chi connectivity index (χ3v) is 14.3. The summed E-state index contributed by atoms with van der Waals surface area (Å²) < 4.78 is 12.2. The Balaban J connectivity index is 1.14. The molecule has 0 unspecified atom stereocenters. The summed E-state index contributed by atoms with van der Waals surface area (Å²) in [6.45, 7) is 27.3. The maximum Gasteiger partial charge on any atom is 0.235 e. The van der Waals surface area contributed by atoms with Crippen molar-refractivity contribution in [3.05, 3.63) is 0 Å². The third-order valence-electron chi connectivity index (χ3n) is 14.3. The van der Waals surface area contributed by atoms with Crippen molar-refractivity contribution in [3.8, 4) is 0 Å². The summed E-state index contributed by atoms with van der Waals surface area (Å²) >= 11 is 0. The molecule has 0 atom stereocenters. The Labute approximate surface area is 385 Å². The number of anilines is 3. The van der Waals surface area contributed by atoms with Gasteiger partial charge in [0.25, 0.3) is 0 Å². The first-order valence-corrected chi connectivity index (χ1v) is 26.2. The van der Waals surface area contributed by atoms with Crippen LogP contribution in [0.3, 0.4) is 0 Å². The highest BCUT2D eigenvalue weighted by Crippen LogP contribution is 2.46. The van der Waals surface area contributed by atoms with Crippen molar-refractivity contribution in [3.63, 3.8) is 0 Å². The van der Waals surface area contributed by atoms with E-state index in [9.17, 15) is 0 Å². The zero-order valence-electron chi connectivity index (χ0n) is 42.3. The molecule has 2 saturated carbocycles. The summed E-state index contributed by atoms with van der Waals surface area (Å²) in [5.74, 6) is 3.16. The summed E-state index contributed by atoms with van der Waals surface area (Å²) in [6.07, 6.45) is 29.3. The van der Waals surface area contributed by atoms with Gasteiger partial charge < -0.3 is 20.1 Å². The summed E-state index contributed by atoms with van der Waals surface area (Å²) in [5.41, 5.74) is 0.0876. The molecule has 4 fully saturated rings. The molecule has 0 bridgehead atoms. The number of hydrogen-bond donors (Lipinski definition) is 2. The molecule has 2 saturated heterocycles. The number of piperidine rings is 2. The molecule has 2 N–H and O–H groups in total. The molecule has 12 heteroatoms. The molecule has 12 nitrogen and oxygen atoms in total. The maximum atomic E-state index is 6.78. The number of aromatic nitrogens is 3. The first-order valence-electron chi connectivity index (χ1n) is 26.2. The Morgan fingerprint density at radius 1 is 0.524 bits per heavy atom. The van der Waals surface area contributed by atoms with Crippen molar-refractivity contribution in [2.45, 2.75) is 258 Å². The smallest absolute Gasteiger partial charge is 0.235 e. The summed E-state index contributed by atoms with van der Waals surface area (Å²) in [4.78, 5) is 30.4. The number of unbranched alkanes of at least 4 members (excludes halogenated alkanes) is 4. The second kappa shape index (κ2) is 25.3. The van der Waals surface area contributed by atoms with Crippen LogP contribution in [0.2, 0.25) is 0 Å². The maximum absolute atomic E-state index is 6.78. The highest BCUT2D eigenvalue weighted by atomic mass is 16.7. The molecule has 364 valence electrons. The summed E-state index contributed by atoms with van der Waals surface area (Å²) in [6, 6.07) is 0. The molecule has 4 aliphatic rings. The minimum atomic E-state index is 0.0219. The lowest BCUT2D eigenvalue weighted by atomic mass is 9.73. The van der Waals surface area contributed by atoms with E-state index in [4.69, 9.17) is 34.1 Å². The van der Waals surface area contributed by atoms with Gasteiger partial charge in [-0.1, -0.05) is 90.9 Å². The first kappa shape index (κ1) is 52.1. The molecular weight excluding hydrogens is 789 g/mol. The van der Waals surface area contributed by atoms with Gasteiger partial charge in [-0.3, -0.25) is 14.6 Å². The average Bonchev–Trinajstić information content (AvgIpc) is 3.23. The van der Waals surface area contributed by atoms with E-state index in [1.165, 1.54) is 116 Å². The van der Waals surface area contributed by atoms with Crippen LogP contribution in [-0.2, 0) is 19.1 Å². The van der Waals surface area contributed by atoms with Gasteiger partial charge in [0.15, 0.2) is 0 Å². The molecule has 1 aromatic rings. The third kappa shape index (κ3) is 16.8. The molecule has 2 aliphatic carbocycles. The summed E-state index contributed by atoms with van der Waals surface area (Å²) in [7, 11) is 0. The zero-order valence-corrected chi connectivity index (χ0v) is 42.3. The molecule has 1 aromatic heterocycles. The van der Waals surface area contributed by atoms with Crippen molar-refractivity contribution in [2.75, 3.05) is 55.3 Å². The molecule has 2 aliphatic heterocycles. The van der Waals surface area contributed by atoms with Crippen LogP contribution in [-0.4, -0.2) is 99.2 Å². The van der Waals surface area contributed by atoms with E-state index in [0.717, 1.165) is 51.6 Å². The van der Waals surface area contributed by atoms with Crippen LogP contribution in [0.15, 0.2) is 0 Å². The van der Waals surface area contributed by atoms with Gasteiger partial charge in [0, 0.05) is 48.5 Å². The Hall–Kier alpha value is -1.83. The van der Waals surface area contributed by atoms with Crippen molar-refractivity contribution < 1.29 is 19.1 Å². The lowest BCUT2D eigenvalue weighted by Gasteiger charge is -2.55. The predicted molar refractivity (Wildman–Crippen MR) is 260 cm³/mol. The van der Waals surface area contributed by atoms with Gasteiger partial charge >= 0.3 is 0 Å². The van der Waals surface area contributed by atoms with E-state index in [1.54, 1.807) is 0 Å². The molecule has 0 aromatic carbocycles. The Bertz CT molecular complexity index is 1300. The fraction of sp³-hybridized carbons (Fsp3) is 0.941. The minimum Gasteiger partial charge on any atom is -0.361 e. The van der Waals surface area contributed by atoms with E-state index in [-0.39, 0.29) is 22.2 Å². The van der Waals surface area contributed by atoms with Gasteiger partial charge in [0.2, 0.25) is 17.8 Å². The van der Waals surface area contributed by atoms with Crippen molar-refractivity contribution in [1.82, 2.24) is 25.1 Å². The molecule has 3 heterocycles. The van der Waals surface area contributed by atoms with E-state index < -0.39 is 0 Å². The average molecular weight is 885 g/mol. The fourth-order valence-corrected chi connectivity index (χ4v) is 11.7. The van der Waals surface area contributed by atoms with Gasteiger partial charge in [-0.25, -0.2) is 0 Å². The monoisotopic (exact) mass is 885 g/mol. The normalized spacial score (nSPS) is 22.6. The van der Waals surface area contributed by atoms with E-state index in [0.29, 0.717) is 68.6 Å². The molecule has 0 amide bonds. The van der Waals surface area contributed by atoms with Crippen LogP contribution < -0.4 is 15.5 Å². The van der Waals surface area contributed by atoms with Gasteiger partial charge in [-0.15, -0.1) is 0 Å². The van der Waals surface area contributed by atoms with Gasteiger partial charge in [0.1, 0.15) is 13.5 Å². The van der Waals surface area contributed by atoms with E-state index in [2.05, 4.69) is 90.0 Å². The largest absolute Gasteiger partial charge is 0.361 e. The molecular formula is C51H96N8O4. The molecule has 0 spiro atoms. The SMILES string of the molecule is CCCCOCN(COCCCC)c1nc(NCCCCC2CC(C)(C)N(OC3CCCCC3)C(C)(C)C2)nc(NCCCCC2CC(C)(C)N(OC3CCCCC3)C(C)(C)C2)n1. The number of ether oxygens (including phenoxy) is 2. The zero-order chi connectivity index (χ0) is 45.4. The van der Waals surface area contributed by atoms with Gasteiger partial charge in [-0.2, -0.15) is 25.1 Å². The first-order chi connectivity index (χ1) is 30.1. The predicted octanol–water partition coefficient (Wildman–Crippen LogP) is 12.5. The van der Waals surface area contributed by atoms with Crippen molar-refractivity contribution >= 4 is 17.8 Å². The van der Waals surface area contributed by atoms with Crippen molar-refractivity contribution in [2.24, 2.45) is 11.8 Å². The van der Waals surface area contributed by atoms with Gasteiger partial charge in [-0.05, 0) is 144 Å². The molecule has 0 radical (unpaired) electrons. The highest BCUT2D eigenvalue weighted by molar-refractivity contribution is 5.43. The summed E-state index contributed by atoms with van der Waals surface area (Å²) in [5, 5.41) is 12.0. The van der Waals surface area contributed by atoms with Crippen molar-refractivity contribution in [1.29, 1.82) is 0 Å². The van der Waals surface area contributed by atoms with E-state index in [1.807, 2.05) is 4.90 Å². The van der Waals surface area contributed by atoms with Crippen LogP contribution in [0.1, 0.15) is 223 Å². The lowest BCUT2D eigenvalue weighted by Crippen LogP contribution is -2.61. The van der Waals surface area contributed by atoms with E-state index >= 15 is 0 Å². The van der Waals surface area contributed by atoms with Crippen LogP contribution in [0.4, 0.5) is 17.8 Å². The number of nitrogens with zero attached hydrogens (tertiary/aromatic N) is 6. The Morgan fingerprint density at radius 3 is 1.27 bits per heavy atom. The fourth-order valence-electron chi connectivity index (χ4n) is 11.7. The highest BCUT2D eigenvalue weighted by Gasteiger charge is 2.48. The topological polar surface area (TPSA) is 109 Å². The van der Waals surface area contributed by atoms with Crippen LogP contribution in [0.5, 0.6) is 0 Å². The number of hydrogen-bond acceptors (Lipinski definition) is 12. The standard InChI is InChI=1S/C51H96N8O4/c1-11-13-33-60-39-57(40-61-34-14-12-2)47-55-45(52-31-23-21-25-41-35-48(3,4)58(49(5,6)36-41)62-43-27-17-15-18-28-43)54-46(56-47)53-32-24-22-26-42-37-50(7,8)59(51(9,10)38-42)63-44-29-19-16-20-30-44/h41-44H,11-40H2,1-10H3,(H2,52,53,54,55,56).